The molecule has 3 aromatic heterocycles. The van der Waals surface area contributed by atoms with Gasteiger partial charge in [0.15, 0.2) is 0 Å². The highest BCUT2D eigenvalue weighted by Gasteiger charge is 2.18. The third-order valence-corrected chi connectivity index (χ3v) is 5.33. The van der Waals surface area contributed by atoms with Gasteiger partial charge in [0.25, 0.3) is 11.5 Å². The fourth-order valence-electron chi connectivity index (χ4n) is 3.42. The molecule has 0 saturated carbocycles. The minimum absolute atomic E-state index is 0.278. The van der Waals surface area contributed by atoms with Crippen LogP contribution in [0.5, 0.6) is 0 Å². The molecule has 33 heavy (non-hydrogen) atoms. The van der Waals surface area contributed by atoms with E-state index in [2.05, 4.69) is 15.3 Å². The number of benzene rings is 1. The minimum Gasteiger partial charge on any atom is -0.344 e. The Morgan fingerprint density at radius 3 is 2.33 bits per heavy atom. The molecule has 1 aromatic carbocycles. The van der Waals surface area contributed by atoms with Gasteiger partial charge in [-0.05, 0) is 56.2 Å². The molecule has 0 bridgehead atoms. The number of pyridine rings is 3. The molecule has 1 N–H and O–H groups in total. The zero-order chi connectivity index (χ0) is 23.5. The molecule has 0 saturated heterocycles. The van der Waals surface area contributed by atoms with Crippen LogP contribution < -0.4 is 10.9 Å². The average molecular weight is 442 g/mol. The lowest BCUT2D eigenvalue weighted by Crippen LogP contribution is -2.30. The van der Waals surface area contributed by atoms with E-state index in [1.807, 2.05) is 44.2 Å². The Balaban J connectivity index is 1.77. The van der Waals surface area contributed by atoms with Crippen LogP contribution in [0.15, 0.2) is 78.0 Å². The van der Waals surface area contributed by atoms with Crippen molar-refractivity contribution in [3.05, 3.63) is 112 Å². The maximum absolute atomic E-state index is 13.3. The second-order valence-electron chi connectivity index (χ2n) is 7.97. The number of nitrogens with one attached hydrogen (secondary N) is 1. The van der Waals surface area contributed by atoms with Crippen LogP contribution in [-0.4, -0.2) is 20.4 Å². The molecule has 0 radical (unpaired) electrons. The second-order valence-corrected chi connectivity index (χ2v) is 7.97. The van der Waals surface area contributed by atoms with E-state index in [9.17, 15) is 14.0 Å². The summed E-state index contributed by atoms with van der Waals surface area (Å²) in [6.45, 7) is 5.63. The van der Waals surface area contributed by atoms with Crippen molar-refractivity contribution in [2.24, 2.45) is 0 Å². The molecular formula is C26H23FN4O2. The molecule has 0 aliphatic carbocycles. The fourth-order valence-corrected chi connectivity index (χ4v) is 3.42. The second kappa shape index (κ2) is 9.16. The van der Waals surface area contributed by atoms with Crippen LogP contribution >= 0.6 is 0 Å². The van der Waals surface area contributed by atoms with Crippen LogP contribution in [-0.2, 0) is 0 Å². The predicted molar refractivity (Wildman–Crippen MR) is 125 cm³/mol. The third kappa shape index (κ3) is 4.87. The van der Waals surface area contributed by atoms with Gasteiger partial charge in [-0.2, -0.15) is 0 Å². The van der Waals surface area contributed by atoms with E-state index in [1.165, 1.54) is 22.9 Å². The lowest BCUT2D eigenvalue weighted by Gasteiger charge is -2.15. The van der Waals surface area contributed by atoms with Crippen LogP contribution in [0.4, 0.5) is 4.39 Å². The van der Waals surface area contributed by atoms with Crippen LogP contribution in [0.2, 0.25) is 0 Å². The number of carbonyl (C=O) groups is 1. The Labute approximate surface area is 190 Å². The Bertz CT molecular complexity index is 1280. The van der Waals surface area contributed by atoms with Crippen molar-refractivity contribution in [1.29, 1.82) is 0 Å². The first-order valence-corrected chi connectivity index (χ1v) is 10.5. The van der Waals surface area contributed by atoms with Gasteiger partial charge in [0.1, 0.15) is 11.6 Å². The molecule has 4 rings (SSSR count). The summed E-state index contributed by atoms with van der Waals surface area (Å²) in [4.78, 5) is 34.9. The van der Waals surface area contributed by atoms with Crippen molar-refractivity contribution >= 4 is 5.91 Å². The highest BCUT2D eigenvalue weighted by molar-refractivity contribution is 5.95. The molecule has 0 unspecified atom stereocenters. The first-order valence-electron chi connectivity index (χ1n) is 10.5. The van der Waals surface area contributed by atoms with Crippen molar-refractivity contribution in [2.45, 2.75) is 26.8 Å². The van der Waals surface area contributed by atoms with Crippen molar-refractivity contribution in [3.8, 4) is 16.9 Å². The van der Waals surface area contributed by atoms with E-state index < -0.39 is 11.9 Å². The minimum atomic E-state index is -0.459. The summed E-state index contributed by atoms with van der Waals surface area (Å²) in [6.07, 6.45) is 4.26. The SMILES string of the molecule is Cc1ccc(-c2cc(C(=O)N[C@H](C)c3ccc(F)cn3)cn(-c3ccc(C)cn3)c2=O)cc1. The molecular weight excluding hydrogens is 419 g/mol. The number of carbonyl (C=O) groups excluding carboxylic acids is 1. The van der Waals surface area contributed by atoms with Crippen LogP contribution in [0.25, 0.3) is 16.9 Å². The lowest BCUT2D eigenvalue weighted by molar-refractivity contribution is 0.0938. The quantitative estimate of drug-likeness (QED) is 0.492. The molecule has 1 atom stereocenters. The van der Waals surface area contributed by atoms with Crippen LogP contribution in [0.1, 0.15) is 40.1 Å². The average Bonchev–Trinajstić information content (AvgIpc) is 2.81. The highest BCUT2D eigenvalue weighted by Crippen LogP contribution is 2.20. The summed E-state index contributed by atoms with van der Waals surface area (Å²) in [5.74, 6) is -0.414. The molecule has 3 heterocycles. The maximum Gasteiger partial charge on any atom is 0.264 e. The summed E-state index contributed by atoms with van der Waals surface area (Å²) in [6, 6.07) is 15.1. The van der Waals surface area contributed by atoms with Gasteiger partial charge in [-0.3, -0.25) is 19.1 Å². The summed E-state index contributed by atoms with van der Waals surface area (Å²) in [5, 5.41) is 2.87. The number of nitrogens with zero attached hydrogens (tertiary/aromatic N) is 3. The summed E-state index contributed by atoms with van der Waals surface area (Å²) in [7, 11) is 0. The van der Waals surface area contributed by atoms with Crippen molar-refractivity contribution in [2.75, 3.05) is 0 Å². The van der Waals surface area contributed by atoms with E-state index in [0.717, 1.165) is 17.3 Å². The molecule has 0 spiro atoms. The van der Waals surface area contributed by atoms with Crippen molar-refractivity contribution < 1.29 is 9.18 Å². The van der Waals surface area contributed by atoms with Gasteiger partial charge in [0.2, 0.25) is 0 Å². The molecule has 0 aliphatic heterocycles. The monoisotopic (exact) mass is 442 g/mol. The number of hydrogen-bond acceptors (Lipinski definition) is 4. The number of rotatable bonds is 5. The van der Waals surface area contributed by atoms with Gasteiger partial charge >= 0.3 is 0 Å². The molecule has 4 aromatic rings. The number of aryl methyl sites for hydroxylation is 2. The Morgan fingerprint density at radius 2 is 1.70 bits per heavy atom. The molecule has 0 aliphatic rings. The molecule has 166 valence electrons. The highest BCUT2D eigenvalue weighted by atomic mass is 19.1. The van der Waals surface area contributed by atoms with E-state index in [1.54, 1.807) is 25.3 Å². The number of amides is 1. The molecule has 0 fully saturated rings. The van der Waals surface area contributed by atoms with Crippen molar-refractivity contribution in [3.63, 3.8) is 0 Å². The third-order valence-electron chi connectivity index (χ3n) is 5.33. The van der Waals surface area contributed by atoms with Gasteiger partial charge in [0.05, 0.1) is 23.5 Å². The Hall–Kier alpha value is -4.13. The first-order chi connectivity index (χ1) is 15.8. The largest absolute Gasteiger partial charge is 0.344 e. The Morgan fingerprint density at radius 1 is 0.970 bits per heavy atom. The fraction of sp³-hybridized carbons (Fsp3) is 0.154. The molecule has 1 amide bonds. The lowest BCUT2D eigenvalue weighted by atomic mass is 10.0. The summed E-state index contributed by atoms with van der Waals surface area (Å²) in [5.41, 5.74) is 3.65. The van der Waals surface area contributed by atoms with Gasteiger partial charge in [-0.1, -0.05) is 35.9 Å². The Kier molecular flexibility index (Phi) is 6.13. The number of hydrogen-bond donors (Lipinski definition) is 1. The van der Waals surface area contributed by atoms with E-state index in [0.29, 0.717) is 28.2 Å². The number of aromatic nitrogens is 3. The smallest absolute Gasteiger partial charge is 0.264 e. The molecule has 6 nitrogen and oxygen atoms in total. The number of halogens is 1. The topological polar surface area (TPSA) is 76.9 Å². The van der Waals surface area contributed by atoms with Crippen LogP contribution in [0, 0.1) is 19.7 Å². The van der Waals surface area contributed by atoms with Gasteiger partial charge in [-0.25, -0.2) is 9.37 Å². The zero-order valence-electron chi connectivity index (χ0n) is 18.5. The van der Waals surface area contributed by atoms with Gasteiger partial charge < -0.3 is 5.32 Å². The maximum atomic E-state index is 13.3. The molecule has 7 heteroatoms. The van der Waals surface area contributed by atoms with E-state index >= 15 is 0 Å². The van der Waals surface area contributed by atoms with Gasteiger partial charge in [0, 0.05) is 18.0 Å². The first kappa shape index (κ1) is 22.1. The predicted octanol–water partition coefficient (Wildman–Crippen LogP) is 4.54. The summed E-state index contributed by atoms with van der Waals surface area (Å²) >= 11 is 0. The van der Waals surface area contributed by atoms with Gasteiger partial charge in [-0.15, -0.1) is 0 Å². The normalized spacial score (nSPS) is 11.8. The van der Waals surface area contributed by atoms with E-state index in [-0.39, 0.29) is 11.5 Å². The van der Waals surface area contributed by atoms with Crippen molar-refractivity contribution in [1.82, 2.24) is 19.9 Å². The zero-order valence-corrected chi connectivity index (χ0v) is 18.5. The summed E-state index contributed by atoms with van der Waals surface area (Å²) < 4.78 is 14.6. The van der Waals surface area contributed by atoms with E-state index in [4.69, 9.17) is 0 Å². The standard InChI is InChI=1S/C26H23FN4O2/c1-16-4-7-19(8-5-16)22-12-20(15-31(26(22)33)24-11-6-17(2)13-29-24)25(32)30-18(3)23-10-9-21(27)14-28-23/h4-15,18H,1-3H3,(H,30,32)/t18-/m1/s1. The van der Waals surface area contributed by atoms with Crippen LogP contribution in [0.3, 0.4) is 0 Å².